The molecule has 0 aliphatic rings. The van der Waals surface area contributed by atoms with E-state index in [9.17, 15) is 0 Å². The molecule has 0 aliphatic heterocycles. The molecule has 1 heteroatoms. The molecule has 0 heterocycles. The van der Waals surface area contributed by atoms with Crippen molar-refractivity contribution in [3.05, 3.63) is 78.2 Å². The van der Waals surface area contributed by atoms with Crippen molar-refractivity contribution >= 4 is 0 Å². The molecule has 2 aromatic rings. The average molecular weight is 441 g/mol. The topological polar surface area (TPSA) is 0 Å². The maximum Gasteiger partial charge on any atom is 0 e. The predicted molar refractivity (Wildman–Crippen MR) is 89.6 cm³/mol. The van der Waals surface area contributed by atoms with E-state index >= 15 is 0 Å². The van der Waals surface area contributed by atoms with Crippen molar-refractivity contribution in [1.82, 2.24) is 0 Å². The molecule has 2 aromatic carbocycles. The molecule has 0 unspecified atom stereocenters. The van der Waals surface area contributed by atoms with Gasteiger partial charge in [-0.25, -0.2) is 0 Å². The number of aryl methyl sites for hydroxylation is 4. The zero-order valence-corrected chi connectivity index (χ0v) is 17.0. The third-order valence-electron chi connectivity index (χ3n) is 2.85. The van der Waals surface area contributed by atoms with Gasteiger partial charge in [-0.05, 0) is 49.9 Å². The van der Waals surface area contributed by atoms with Crippen LogP contribution in [0, 0.1) is 35.1 Å². The summed E-state index contributed by atoms with van der Waals surface area (Å²) in [5.74, 6) is 0. The Morgan fingerprint density at radius 1 is 0.500 bits per heavy atom. The van der Waals surface area contributed by atoms with Gasteiger partial charge < -0.3 is 7.43 Å². The molecule has 2 rings (SSSR count). The smallest absolute Gasteiger partial charge is 0 e. The number of benzene rings is 2. The molecule has 0 aromatic heterocycles. The van der Waals surface area contributed by atoms with Crippen molar-refractivity contribution < 1.29 is 21.1 Å². The van der Waals surface area contributed by atoms with Gasteiger partial charge in [-0.3, -0.25) is 0 Å². The van der Waals surface area contributed by atoms with Crippen molar-refractivity contribution in [3.63, 3.8) is 0 Å². The molecule has 0 amide bonds. The van der Waals surface area contributed by atoms with Gasteiger partial charge in [-0.15, -0.1) is 0 Å². The molecule has 0 nitrogen and oxygen atoms in total. The van der Waals surface area contributed by atoms with Crippen LogP contribution in [0.1, 0.15) is 36.1 Å². The van der Waals surface area contributed by atoms with Crippen molar-refractivity contribution in [2.24, 2.45) is 0 Å². The number of hydrogen-bond donors (Lipinski definition) is 0. The molecular weight excluding hydrogens is 412 g/mol. The summed E-state index contributed by atoms with van der Waals surface area (Å²) in [5, 5.41) is 0. The standard InChI is InChI=1S/2C8H10.C2H6.CH3.W/c2*1-7-5-3-4-6-8(7)2;1-2;;/h2*3-6H,1-2H3;1-2H3;1H3;/q;;;-1;. The number of hydrogen-bond acceptors (Lipinski definition) is 0. The molecule has 0 saturated carbocycles. The summed E-state index contributed by atoms with van der Waals surface area (Å²) in [4.78, 5) is 0. The summed E-state index contributed by atoms with van der Waals surface area (Å²) >= 11 is 0. The molecule has 0 N–H and O–H groups in total. The first-order chi connectivity index (χ1) is 8.61. The van der Waals surface area contributed by atoms with E-state index in [1.165, 1.54) is 22.3 Å². The summed E-state index contributed by atoms with van der Waals surface area (Å²) < 4.78 is 0. The summed E-state index contributed by atoms with van der Waals surface area (Å²) in [6.45, 7) is 12.5. The van der Waals surface area contributed by atoms with Gasteiger partial charge >= 0.3 is 0 Å². The van der Waals surface area contributed by atoms with Gasteiger partial charge in [0.05, 0.1) is 0 Å². The second-order valence-corrected chi connectivity index (χ2v) is 4.17. The molecule has 0 aliphatic carbocycles. The second-order valence-electron chi connectivity index (χ2n) is 4.17. The van der Waals surface area contributed by atoms with E-state index in [1.807, 2.05) is 13.8 Å². The van der Waals surface area contributed by atoms with Crippen LogP contribution in [-0.2, 0) is 21.1 Å². The summed E-state index contributed by atoms with van der Waals surface area (Å²) in [7, 11) is 0. The SMILES string of the molecule is CC.Cc1ccccc1C.Cc1ccccc1C.[CH3-].[W]. The largest absolute Gasteiger partial charge is 0.358 e. The zero-order valence-electron chi connectivity index (χ0n) is 14.0. The van der Waals surface area contributed by atoms with Crippen LogP contribution in [0.5, 0.6) is 0 Å². The maximum absolute atomic E-state index is 2.12. The third-order valence-corrected chi connectivity index (χ3v) is 2.85. The van der Waals surface area contributed by atoms with Crippen LogP contribution >= 0.6 is 0 Å². The minimum atomic E-state index is 0. The Morgan fingerprint density at radius 2 is 0.650 bits per heavy atom. The first kappa shape index (κ1) is 24.2. The Morgan fingerprint density at radius 3 is 0.750 bits per heavy atom. The molecule has 0 radical (unpaired) electrons. The van der Waals surface area contributed by atoms with Crippen LogP contribution in [0.15, 0.2) is 48.5 Å². The predicted octanol–water partition coefficient (Wildman–Crippen LogP) is 6.08. The second kappa shape index (κ2) is 14.5. The van der Waals surface area contributed by atoms with Gasteiger partial charge in [-0.2, -0.15) is 0 Å². The van der Waals surface area contributed by atoms with E-state index in [0.717, 1.165) is 0 Å². The quantitative estimate of drug-likeness (QED) is 0.435. The Bertz CT molecular complexity index is 362. The van der Waals surface area contributed by atoms with Crippen LogP contribution in [0.4, 0.5) is 0 Å². The Balaban J connectivity index is -0.000000236. The Labute approximate surface area is 140 Å². The van der Waals surface area contributed by atoms with Crippen LogP contribution in [0.2, 0.25) is 0 Å². The van der Waals surface area contributed by atoms with Gasteiger partial charge in [0.1, 0.15) is 0 Å². The fourth-order valence-electron chi connectivity index (χ4n) is 1.33. The van der Waals surface area contributed by atoms with Crippen LogP contribution in [0.3, 0.4) is 0 Å². The zero-order chi connectivity index (χ0) is 14.0. The van der Waals surface area contributed by atoms with Crippen LogP contribution < -0.4 is 0 Å². The van der Waals surface area contributed by atoms with Gasteiger partial charge in [0.25, 0.3) is 0 Å². The molecular formula is C19H29W-. The van der Waals surface area contributed by atoms with E-state index < -0.39 is 0 Å². The normalized spacial score (nSPS) is 7.70. The van der Waals surface area contributed by atoms with E-state index in [2.05, 4.69) is 76.2 Å². The van der Waals surface area contributed by atoms with E-state index in [1.54, 1.807) is 0 Å². The van der Waals surface area contributed by atoms with Crippen molar-refractivity contribution in [1.29, 1.82) is 0 Å². The summed E-state index contributed by atoms with van der Waals surface area (Å²) in [6, 6.07) is 16.7. The monoisotopic (exact) mass is 441 g/mol. The summed E-state index contributed by atoms with van der Waals surface area (Å²) in [5.41, 5.74) is 5.47. The van der Waals surface area contributed by atoms with Crippen LogP contribution in [0.25, 0.3) is 0 Å². The van der Waals surface area contributed by atoms with Crippen molar-refractivity contribution in [2.75, 3.05) is 0 Å². The third kappa shape index (κ3) is 9.98. The minimum Gasteiger partial charge on any atom is -0.358 e. The molecule has 0 spiro atoms. The molecule has 20 heavy (non-hydrogen) atoms. The van der Waals surface area contributed by atoms with Gasteiger partial charge in [-0.1, -0.05) is 62.4 Å². The van der Waals surface area contributed by atoms with Crippen molar-refractivity contribution in [3.8, 4) is 0 Å². The average Bonchev–Trinajstić information content (AvgIpc) is 2.40. The Kier molecular flexibility index (Phi) is 17.6. The fraction of sp³-hybridized carbons (Fsp3) is 0.316. The Hall–Kier alpha value is -0.872. The molecule has 0 atom stereocenters. The first-order valence-corrected chi connectivity index (χ1v) is 6.65. The molecule has 0 bridgehead atoms. The molecule has 0 saturated heterocycles. The first-order valence-electron chi connectivity index (χ1n) is 6.65. The fourth-order valence-corrected chi connectivity index (χ4v) is 1.33. The molecule has 0 fully saturated rings. The van der Waals surface area contributed by atoms with Gasteiger partial charge in [0.2, 0.25) is 0 Å². The van der Waals surface area contributed by atoms with Crippen LogP contribution in [-0.4, -0.2) is 0 Å². The number of rotatable bonds is 0. The maximum atomic E-state index is 2.12. The van der Waals surface area contributed by atoms with Gasteiger partial charge in [0.15, 0.2) is 0 Å². The van der Waals surface area contributed by atoms with E-state index in [-0.39, 0.29) is 28.5 Å². The minimum absolute atomic E-state index is 0. The van der Waals surface area contributed by atoms with Gasteiger partial charge in [0, 0.05) is 21.1 Å². The van der Waals surface area contributed by atoms with E-state index in [4.69, 9.17) is 0 Å². The van der Waals surface area contributed by atoms with Crippen molar-refractivity contribution in [2.45, 2.75) is 41.5 Å². The van der Waals surface area contributed by atoms with E-state index in [0.29, 0.717) is 0 Å². The summed E-state index contributed by atoms with van der Waals surface area (Å²) in [6.07, 6.45) is 0. The molecule has 112 valence electrons.